The van der Waals surface area contributed by atoms with Crippen molar-refractivity contribution in [2.45, 2.75) is 42.1 Å². The normalized spacial score (nSPS) is 15.2. The molecule has 202 valence electrons. The molecular weight excluding hydrogens is 526 g/mol. The van der Waals surface area contributed by atoms with E-state index in [9.17, 15) is 21.6 Å². The molecule has 1 atom stereocenters. The zero-order valence-electron chi connectivity index (χ0n) is 21.0. The predicted octanol–water partition coefficient (Wildman–Crippen LogP) is 3.21. The molecule has 1 heterocycles. The van der Waals surface area contributed by atoms with E-state index in [4.69, 9.17) is 4.74 Å². The highest BCUT2D eigenvalue weighted by Gasteiger charge is 2.27. The van der Waals surface area contributed by atoms with Crippen molar-refractivity contribution in [2.75, 3.05) is 19.7 Å². The number of rotatable bonds is 11. The maximum absolute atomic E-state index is 12.7. The minimum absolute atomic E-state index is 0.0901. The SMILES string of the molecule is C[C@H](NS(=O)(=O)c1ccc(OCC(=O)NCc2ccc(S(=O)(=O)N3CCCC3)cc2)cc1)c1ccccc1. The van der Waals surface area contributed by atoms with Crippen LogP contribution in [0.5, 0.6) is 5.75 Å². The van der Waals surface area contributed by atoms with Crippen molar-refractivity contribution in [3.63, 3.8) is 0 Å². The van der Waals surface area contributed by atoms with Crippen molar-refractivity contribution in [3.05, 3.63) is 90.0 Å². The highest BCUT2D eigenvalue weighted by atomic mass is 32.2. The van der Waals surface area contributed by atoms with Crippen molar-refractivity contribution >= 4 is 26.0 Å². The van der Waals surface area contributed by atoms with Gasteiger partial charge in [-0.05, 0) is 67.3 Å². The first-order valence-corrected chi connectivity index (χ1v) is 15.2. The van der Waals surface area contributed by atoms with Gasteiger partial charge in [-0.1, -0.05) is 42.5 Å². The van der Waals surface area contributed by atoms with Crippen molar-refractivity contribution < 1.29 is 26.4 Å². The highest BCUT2D eigenvalue weighted by molar-refractivity contribution is 7.89. The summed E-state index contributed by atoms with van der Waals surface area (Å²) >= 11 is 0. The van der Waals surface area contributed by atoms with Gasteiger partial charge < -0.3 is 10.1 Å². The summed E-state index contributed by atoms with van der Waals surface area (Å²) in [7, 11) is -7.21. The van der Waals surface area contributed by atoms with Gasteiger partial charge in [0.05, 0.1) is 9.79 Å². The minimum atomic E-state index is -3.74. The first-order chi connectivity index (χ1) is 18.1. The summed E-state index contributed by atoms with van der Waals surface area (Å²) in [5.74, 6) is -0.0134. The lowest BCUT2D eigenvalue weighted by atomic mass is 10.1. The largest absolute Gasteiger partial charge is 0.484 e. The molecule has 3 aromatic carbocycles. The molecule has 38 heavy (non-hydrogen) atoms. The second-order valence-electron chi connectivity index (χ2n) is 9.05. The summed E-state index contributed by atoms with van der Waals surface area (Å²) in [4.78, 5) is 12.6. The van der Waals surface area contributed by atoms with E-state index >= 15 is 0 Å². The topological polar surface area (TPSA) is 122 Å². The number of carbonyl (C=O) groups is 1. The smallest absolute Gasteiger partial charge is 0.258 e. The van der Waals surface area contributed by atoms with Crippen LogP contribution in [-0.4, -0.2) is 46.7 Å². The molecule has 0 spiro atoms. The van der Waals surface area contributed by atoms with E-state index in [-0.39, 0.29) is 28.8 Å². The molecule has 9 nitrogen and oxygen atoms in total. The molecule has 2 N–H and O–H groups in total. The van der Waals surface area contributed by atoms with Gasteiger partial charge >= 0.3 is 0 Å². The molecule has 1 fully saturated rings. The van der Waals surface area contributed by atoms with Crippen LogP contribution in [0.4, 0.5) is 0 Å². The summed E-state index contributed by atoms with van der Waals surface area (Å²) < 4.78 is 60.3. The Morgan fingerprint density at radius 2 is 1.47 bits per heavy atom. The van der Waals surface area contributed by atoms with Crippen molar-refractivity contribution in [1.82, 2.24) is 14.3 Å². The van der Waals surface area contributed by atoms with E-state index < -0.39 is 26.1 Å². The molecule has 1 amide bonds. The van der Waals surface area contributed by atoms with Gasteiger partial charge in [0.25, 0.3) is 5.91 Å². The Balaban J connectivity index is 1.25. The number of hydrogen-bond acceptors (Lipinski definition) is 6. The Hall–Kier alpha value is -3.25. The zero-order chi connectivity index (χ0) is 27.2. The molecule has 1 aliphatic rings. The van der Waals surface area contributed by atoms with Crippen molar-refractivity contribution in [3.8, 4) is 5.75 Å². The molecule has 0 aliphatic carbocycles. The lowest BCUT2D eigenvalue weighted by molar-refractivity contribution is -0.123. The van der Waals surface area contributed by atoms with Gasteiger partial charge in [-0.25, -0.2) is 21.6 Å². The third-order valence-corrected chi connectivity index (χ3v) is 9.72. The molecule has 1 aliphatic heterocycles. The number of nitrogens with zero attached hydrogens (tertiary/aromatic N) is 1. The fourth-order valence-corrected chi connectivity index (χ4v) is 6.83. The van der Waals surface area contributed by atoms with Gasteiger partial charge in [0.1, 0.15) is 5.75 Å². The van der Waals surface area contributed by atoms with Crippen LogP contribution < -0.4 is 14.8 Å². The van der Waals surface area contributed by atoms with E-state index in [2.05, 4.69) is 10.0 Å². The summed E-state index contributed by atoms with van der Waals surface area (Å²) in [6, 6.07) is 21.2. The number of sulfonamides is 2. The maximum Gasteiger partial charge on any atom is 0.258 e. The number of amides is 1. The second kappa shape index (κ2) is 12.1. The molecule has 11 heteroatoms. The van der Waals surface area contributed by atoms with Crippen molar-refractivity contribution in [2.24, 2.45) is 0 Å². The first-order valence-electron chi connectivity index (χ1n) is 12.3. The quantitative estimate of drug-likeness (QED) is 0.373. The standard InChI is InChI=1S/C27H31N3O6S2/c1-21(23-7-3-2-4-8-23)29-37(32,33)25-15-11-24(12-16-25)36-20-27(31)28-19-22-9-13-26(14-10-22)38(34,35)30-17-5-6-18-30/h2-4,7-16,21,29H,5-6,17-20H2,1H3,(H,28,31)/t21-/m0/s1. The van der Waals surface area contributed by atoms with Gasteiger partial charge in [0.2, 0.25) is 20.0 Å². The third-order valence-electron chi connectivity index (χ3n) is 6.25. The predicted molar refractivity (Wildman–Crippen MR) is 143 cm³/mol. The average Bonchev–Trinajstić information content (AvgIpc) is 3.48. The van der Waals surface area contributed by atoms with Gasteiger partial charge in [-0.15, -0.1) is 0 Å². The molecule has 4 rings (SSSR count). The van der Waals surface area contributed by atoms with E-state index in [1.165, 1.54) is 28.6 Å². The van der Waals surface area contributed by atoms with Crippen LogP contribution in [-0.2, 0) is 31.4 Å². The summed E-state index contributed by atoms with van der Waals surface area (Å²) in [6.07, 6.45) is 1.75. The molecule has 0 saturated carbocycles. The Bertz CT molecular complexity index is 1440. The molecule has 1 saturated heterocycles. The number of ether oxygens (including phenoxy) is 1. The van der Waals surface area contributed by atoms with Gasteiger partial charge in [0.15, 0.2) is 6.61 Å². The Morgan fingerprint density at radius 1 is 0.868 bits per heavy atom. The lowest BCUT2D eigenvalue weighted by Crippen LogP contribution is -2.29. The Labute approximate surface area is 223 Å². The van der Waals surface area contributed by atoms with Crippen LogP contribution in [0, 0.1) is 0 Å². The number of benzene rings is 3. The number of nitrogens with one attached hydrogen (secondary N) is 2. The summed E-state index contributed by atoms with van der Waals surface area (Å²) in [5, 5.41) is 2.73. The summed E-state index contributed by atoms with van der Waals surface area (Å²) in [6.45, 7) is 2.82. The monoisotopic (exact) mass is 557 g/mol. The summed E-state index contributed by atoms with van der Waals surface area (Å²) in [5.41, 5.74) is 1.61. The van der Waals surface area contributed by atoms with Gasteiger partial charge in [0, 0.05) is 25.7 Å². The van der Waals surface area contributed by atoms with Gasteiger partial charge in [-0.3, -0.25) is 4.79 Å². The number of carbonyl (C=O) groups excluding carboxylic acids is 1. The Kier molecular flexibility index (Phi) is 8.83. The van der Waals surface area contributed by atoms with Crippen LogP contribution in [0.3, 0.4) is 0 Å². The molecule has 0 radical (unpaired) electrons. The third kappa shape index (κ3) is 6.98. The highest BCUT2D eigenvalue weighted by Crippen LogP contribution is 2.22. The van der Waals surface area contributed by atoms with Crippen LogP contribution >= 0.6 is 0 Å². The zero-order valence-corrected chi connectivity index (χ0v) is 22.7. The maximum atomic E-state index is 12.7. The van der Waals surface area contributed by atoms with Crippen LogP contribution in [0.25, 0.3) is 0 Å². The Morgan fingerprint density at radius 3 is 2.11 bits per heavy atom. The van der Waals surface area contributed by atoms with Crippen LogP contribution in [0.2, 0.25) is 0 Å². The number of hydrogen-bond donors (Lipinski definition) is 2. The van der Waals surface area contributed by atoms with Crippen LogP contribution in [0.15, 0.2) is 88.7 Å². The molecule has 0 aromatic heterocycles. The molecule has 0 unspecified atom stereocenters. The fraction of sp³-hybridized carbons (Fsp3) is 0.296. The van der Waals surface area contributed by atoms with E-state index in [0.717, 1.165) is 24.0 Å². The fourth-order valence-electron chi connectivity index (χ4n) is 4.08. The van der Waals surface area contributed by atoms with Gasteiger partial charge in [-0.2, -0.15) is 4.31 Å². The molecule has 0 bridgehead atoms. The van der Waals surface area contributed by atoms with E-state index in [1.807, 2.05) is 30.3 Å². The lowest BCUT2D eigenvalue weighted by Gasteiger charge is -2.15. The average molecular weight is 558 g/mol. The minimum Gasteiger partial charge on any atom is -0.484 e. The van der Waals surface area contributed by atoms with Crippen LogP contribution in [0.1, 0.15) is 36.9 Å². The molecular formula is C27H31N3O6S2. The first kappa shape index (κ1) is 27.8. The van der Waals surface area contributed by atoms with Crippen molar-refractivity contribution in [1.29, 1.82) is 0 Å². The van der Waals surface area contributed by atoms with E-state index in [0.29, 0.717) is 18.8 Å². The van der Waals surface area contributed by atoms with E-state index in [1.54, 1.807) is 31.2 Å². The second-order valence-corrected chi connectivity index (χ2v) is 12.7. The molecule has 3 aromatic rings.